The van der Waals surface area contributed by atoms with Gasteiger partial charge in [-0.15, -0.1) is 0 Å². The molecule has 0 bridgehead atoms. The Kier molecular flexibility index (Phi) is 3.62. The van der Waals surface area contributed by atoms with Crippen molar-refractivity contribution >= 4 is 5.82 Å². The Morgan fingerprint density at radius 1 is 1.56 bits per heavy atom. The van der Waals surface area contributed by atoms with Crippen LogP contribution in [-0.2, 0) is 11.3 Å². The Labute approximate surface area is 102 Å². The highest BCUT2D eigenvalue weighted by molar-refractivity contribution is 5.36. The molecule has 1 aliphatic heterocycles. The van der Waals surface area contributed by atoms with Crippen LogP contribution in [0.2, 0.25) is 0 Å². The first-order chi connectivity index (χ1) is 8.56. The molecule has 1 aliphatic rings. The molecule has 0 amide bonds. The molecule has 0 saturated carbocycles. The van der Waals surface area contributed by atoms with Gasteiger partial charge in [0.1, 0.15) is 18.1 Å². The van der Waals surface area contributed by atoms with E-state index >= 15 is 0 Å². The van der Waals surface area contributed by atoms with Crippen molar-refractivity contribution in [2.24, 2.45) is 0 Å². The van der Waals surface area contributed by atoms with E-state index in [1.807, 2.05) is 0 Å². The molecule has 2 heterocycles. The van der Waals surface area contributed by atoms with Gasteiger partial charge in [0.25, 0.3) is 0 Å². The van der Waals surface area contributed by atoms with Gasteiger partial charge in [-0.05, 0) is 0 Å². The van der Waals surface area contributed by atoms with Crippen molar-refractivity contribution in [2.75, 3.05) is 12.3 Å². The average Bonchev–Trinajstić information content (AvgIpc) is 2.70. The third-order valence-electron chi connectivity index (χ3n) is 2.93. The molecule has 0 spiro atoms. The number of hydrogen-bond donors (Lipinski definition) is 4. The molecule has 0 aromatic carbocycles. The van der Waals surface area contributed by atoms with Gasteiger partial charge in [-0.3, -0.25) is 4.57 Å². The molecule has 3 atom stereocenters. The number of aliphatic hydroxyl groups excluding tert-OH is 3. The SMILES string of the molecule is Nc1nc(=O)n([C@H]2C[C@@H](O)[C@@H](CO)O2)cc1CO. The minimum absolute atomic E-state index is 0.0315. The lowest BCUT2D eigenvalue weighted by atomic mass is 10.2. The second-order valence-corrected chi connectivity index (χ2v) is 4.11. The average molecular weight is 257 g/mol. The van der Waals surface area contributed by atoms with Crippen LogP contribution < -0.4 is 11.4 Å². The first kappa shape index (κ1) is 13.0. The molecular formula is C10H15N3O5. The van der Waals surface area contributed by atoms with Crippen LogP contribution in [0.1, 0.15) is 18.2 Å². The maximum Gasteiger partial charge on any atom is 0.351 e. The molecule has 18 heavy (non-hydrogen) atoms. The van der Waals surface area contributed by atoms with E-state index in [-0.39, 0.29) is 25.5 Å². The van der Waals surface area contributed by atoms with Crippen LogP contribution in [-0.4, -0.2) is 43.7 Å². The number of anilines is 1. The van der Waals surface area contributed by atoms with E-state index in [0.29, 0.717) is 5.56 Å². The lowest BCUT2D eigenvalue weighted by molar-refractivity contribution is -0.0459. The summed E-state index contributed by atoms with van der Waals surface area (Å²) in [5.74, 6) is -0.0315. The van der Waals surface area contributed by atoms with Gasteiger partial charge >= 0.3 is 5.69 Å². The predicted octanol–water partition coefficient (Wildman–Crippen LogP) is -2.04. The monoisotopic (exact) mass is 257 g/mol. The molecule has 1 fully saturated rings. The molecule has 0 unspecified atom stereocenters. The summed E-state index contributed by atoms with van der Waals surface area (Å²) >= 11 is 0. The van der Waals surface area contributed by atoms with Crippen LogP contribution in [0.25, 0.3) is 0 Å². The minimum atomic E-state index is -0.845. The maximum absolute atomic E-state index is 11.7. The first-order valence-electron chi connectivity index (χ1n) is 5.49. The summed E-state index contributed by atoms with van der Waals surface area (Å²) in [7, 11) is 0. The fourth-order valence-corrected chi connectivity index (χ4v) is 1.90. The van der Waals surface area contributed by atoms with Crippen molar-refractivity contribution in [3.05, 3.63) is 22.2 Å². The van der Waals surface area contributed by atoms with Gasteiger partial charge in [-0.25, -0.2) is 4.79 Å². The van der Waals surface area contributed by atoms with Crippen LogP contribution >= 0.6 is 0 Å². The summed E-state index contributed by atoms with van der Waals surface area (Å²) in [4.78, 5) is 15.2. The Morgan fingerprint density at radius 2 is 2.28 bits per heavy atom. The summed E-state index contributed by atoms with van der Waals surface area (Å²) in [6.07, 6.45) is -0.772. The number of nitrogen functional groups attached to an aromatic ring is 1. The zero-order valence-corrected chi connectivity index (χ0v) is 9.56. The van der Waals surface area contributed by atoms with Gasteiger partial charge in [-0.2, -0.15) is 4.98 Å². The van der Waals surface area contributed by atoms with Crippen molar-refractivity contribution < 1.29 is 20.1 Å². The Morgan fingerprint density at radius 3 is 2.83 bits per heavy atom. The molecule has 5 N–H and O–H groups in total. The van der Waals surface area contributed by atoms with Crippen molar-refractivity contribution in [1.29, 1.82) is 0 Å². The van der Waals surface area contributed by atoms with Gasteiger partial charge in [0.05, 0.1) is 19.3 Å². The van der Waals surface area contributed by atoms with Crippen LogP contribution in [0.15, 0.2) is 11.0 Å². The standard InChI is InChI=1S/C10H15N3O5/c11-9-5(3-14)2-13(10(17)12-9)8-1-6(16)7(4-15)18-8/h2,6-8,14-16H,1,3-4H2,(H2,11,12,17)/t6-,7-,8-/m1/s1. The van der Waals surface area contributed by atoms with E-state index in [9.17, 15) is 9.90 Å². The van der Waals surface area contributed by atoms with Crippen LogP contribution in [0, 0.1) is 0 Å². The van der Waals surface area contributed by atoms with Crippen molar-refractivity contribution in [2.45, 2.75) is 31.5 Å². The van der Waals surface area contributed by atoms with Crippen LogP contribution in [0.4, 0.5) is 5.82 Å². The fraction of sp³-hybridized carbons (Fsp3) is 0.600. The maximum atomic E-state index is 11.7. The van der Waals surface area contributed by atoms with Crippen molar-refractivity contribution in [3.8, 4) is 0 Å². The molecule has 1 aromatic heterocycles. The topological polar surface area (TPSA) is 131 Å². The number of aliphatic hydroxyl groups is 3. The minimum Gasteiger partial charge on any atom is -0.394 e. The summed E-state index contributed by atoms with van der Waals surface area (Å²) in [5.41, 5.74) is 5.15. The number of rotatable bonds is 3. The van der Waals surface area contributed by atoms with Crippen LogP contribution in [0.3, 0.4) is 0 Å². The zero-order valence-electron chi connectivity index (χ0n) is 9.56. The first-order valence-corrected chi connectivity index (χ1v) is 5.49. The zero-order chi connectivity index (χ0) is 13.3. The van der Waals surface area contributed by atoms with E-state index in [0.717, 1.165) is 4.57 Å². The Bertz CT molecular complexity index is 489. The van der Waals surface area contributed by atoms with Crippen molar-refractivity contribution in [1.82, 2.24) is 9.55 Å². The van der Waals surface area contributed by atoms with Gasteiger partial charge in [0.15, 0.2) is 0 Å². The van der Waals surface area contributed by atoms with E-state index in [4.69, 9.17) is 20.7 Å². The van der Waals surface area contributed by atoms with Gasteiger partial charge < -0.3 is 25.8 Å². The molecule has 100 valence electrons. The number of nitrogens with zero attached hydrogens (tertiary/aromatic N) is 2. The molecule has 8 nitrogen and oxygen atoms in total. The molecule has 8 heteroatoms. The quantitative estimate of drug-likeness (QED) is 0.490. The number of nitrogens with two attached hydrogens (primary N) is 1. The second-order valence-electron chi connectivity index (χ2n) is 4.11. The van der Waals surface area contributed by atoms with E-state index in [1.54, 1.807) is 0 Å². The normalized spacial score (nSPS) is 27.6. The summed E-state index contributed by atoms with van der Waals surface area (Å²) < 4.78 is 6.48. The van der Waals surface area contributed by atoms with E-state index in [2.05, 4.69) is 4.98 Å². The molecule has 0 radical (unpaired) electrons. The lowest BCUT2D eigenvalue weighted by Gasteiger charge is -2.15. The number of aromatic nitrogens is 2. The third kappa shape index (κ3) is 2.23. The highest BCUT2D eigenvalue weighted by Gasteiger charge is 2.35. The third-order valence-corrected chi connectivity index (χ3v) is 2.93. The summed E-state index contributed by atoms with van der Waals surface area (Å²) in [6.45, 7) is -0.681. The largest absolute Gasteiger partial charge is 0.394 e. The van der Waals surface area contributed by atoms with Crippen LogP contribution in [0.5, 0.6) is 0 Å². The highest BCUT2D eigenvalue weighted by atomic mass is 16.5. The number of ether oxygens (including phenoxy) is 1. The Balaban J connectivity index is 2.32. The predicted molar refractivity (Wildman–Crippen MR) is 60.5 cm³/mol. The van der Waals surface area contributed by atoms with Gasteiger partial charge in [0.2, 0.25) is 0 Å². The smallest absolute Gasteiger partial charge is 0.351 e. The molecule has 1 aromatic rings. The Hall–Kier alpha value is -1.48. The van der Waals surface area contributed by atoms with E-state index < -0.39 is 24.1 Å². The molecule has 0 aliphatic carbocycles. The van der Waals surface area contributed by atoms with Crippen molar-refractivity contribution in [3.63, 3.8) is 0 Å². The summed E-state index contributed by atoms with van der Waals surface area (Å²) in [5, 5.41) is 27.6. The lowest BCUT2D eigenvalue weighted by Crippen LogP contribution is -2.29. The molecular weight excluding hydrogens is 242 g/mol. The fourth-order valence-electron chi connectivity index (χ4n) is 1.90. The second kappa shape index (κ2) is 5.02. The highest BCUT2D eigenvalue weighted by Crippen LogP contribution is 2.27. The molecule has 1 saturated heterocycles. The van der Waals surface area contributed by atoms with Gasteiger partial charge in [-0.1, -0.05) is 0 Å². The summed E-state index contributed by atoms with van der Waals surface area (Å²) in [6, 6.07) is 0. The molecule has 2 rings (SSSR count). The van der Waals surface area contributed by atoms with E-state index in [1.165, 1.54) is 6.20 Å². The number of hydrogen-bond acceptors (Lipinski definition) is 7. The van der Waals surface area contributed by atoms with Gasteiger partial charge in [0, 0.05) is 18.2 Å².